The quantitative estimate of drug-likeness (QED) is 0.511. The third-order valence-corrected chi connectivity index (χ3v) is 3.34. The summed E-state index contributed by atoms with van der Waals surface area (Å²) in [5.74, 6) is 0. The smallest absolute Gasteiger partial charge is 0.0638 e. The Morgan fingerprint density at radius 1 is 1.00 bits per heavy atom. The Labute approximate surface area is 96.6 Å². The van der Waals surface area contributed by atoms with E-state index < -0.39 is 0 Å². The van der Waals surface area contributed by atoms with Crippen molar-refractivity contribution in [3.05, 3.63) is 47.9 Å². The molecule has 0 saturated heterocycles. The summed E-state index contributed by atoms with van der Waals surface area (Å²) in [6.45, 7) is 1.67. The first-order chi connectivity index (χ1) is 9.77. The van der Waals surface area contributed by atoms with Gasteiger partial charge in [-0.25, -0.2) is 0 Å². The van der Waals surface area contributed by atoms with Crippen LogP contribution in [0.1, 0.15) is 15.2 Å². The molecule has 0 fully saturated rings. The summed E-state index contributed by atoms with van der Waals surface area (Å²) in [5.41, 5.74) is 0.532. The zero-order chi connectivity index (χ0) is 15.6. The fourth-order valence-corrected chi connectivity index (χ4v) is 2.47. The molecule has 3 aromatic rings. The largest absolute Gasteiger partial charge is 0.135 e. The van der Waals surface area contributed by atoms with Crippen LogP contribution in [0.5, 0.6) is 0 Å². The van der Waals surface area contributed by atoms with Crippen molar-refractivity contribution >= 4 is 31.5 Å². The van der Waals surface area contributed by atoms with Crippen LogP contribution < -0.4 is 0 Å². The maximum absolute atomic E-state index is 8.06. The maximum Gasteiger partial charge on any atom is 0.0638 e. The minimum atomic E-state index is -0.342. The van der Waals surface area contributed by atoms with Gasteiger partial charge in [-0.15, -0.1) is 11.3 Å². The average molecular weight is 205 g/mol. The zero-order valence-corrected chi connectivity index (χ0v) is 8.22. The van der Waals surface area contributed by atoms with Gasteiger partial charge in [-0.05, 0) is 18.5 Å². The number of fused-ring (bicyclic) bond motifs is 3. The number of hydrogen-bond acceptors (Lipinski definition) is 1. The maximum atomic E-state index is 8.06. The zero-order valence-electron chi connectivity index (χ0n) is 14.4. The third kappa shape index (κ3) is 0.992. The molecule has 1 heteroatoms. The summed E-state index contributed by atoms with van der Waals surface area (Å²) in [5, 5.41) is 0.628. The van der Waals surface area contributed by atoms with Crippen LogP contribution in [0.25, 0.3) is 20.2 Å². The number of aryl methyl sites for hydroxylation is 1. The van der Waals surface area contributed by atoms with Gasteiger partial charge < -0.3 is 0 Å². The molecule has 1 heterocycles. The second kappa shape index (κ2) is 2.82. The third-order valence-electron chi connectivity index (χ3n) is 2.11. The van der Waals surface area contributed by atoms with Crippen LogP contribution in [0.2, 0.25) is 0 Å². The highest BCUT2D eigenvalue weighted by molar-refractivity contribution is 7.26. The number of hydrogen-bond donors (Lipinski definition) is 0. The molecule has 3 rings (SSSR count). The van der Waals surface area contributed by atoms with E-state index >= 15 is 0 Å². The van der Waals surface area contributed by atoms with E-state index in [1.165, 1.54) is 0 Å². The first-order valence-corrected chi connectivity index (χ1v) is 4.97. The van der Waals surface area contributed by atoms with Gasteiger partial charge in [0.1, 0.15) is 0 Å². The van der Waals surface area contributed by atoms with Crippen LogP contribution in [0.15, 0.2) is 42.3 Å². The van der Waals surface area contributed by atoms with Gasteiger partial charge in [0.15, 0.2) is 0 Å². The highest BCUT2D eigenvalue weighted by Crippen LogP contribution is 2.35. The Morgan fingerprint density at radius 3 is 2.71 bits per heavy atom. The highest BCUT2D eigenvalue weighted by Gasteiger charge is 2.04. The molecule has 0 nitrogen and oxygen atoms in total. The lowest BCUT2D eigenvalue weighted by molar-refractivity contribution is 1.56. The topological polar surface area (TPSA) is 0 Å². The van der Waals surface area contributed by atoms with E-state index in [2.05, 4.69) is 0 Å². The van der Waals surface area contributed by atoms with Gasteiger partial charge >= 0.3 is 0 Å². The van der Waals surface area contributed by atoms with E-state index in [-0.39, 0.29) is 47.7 Å². The molecule has 0 unspecified atom stereocenters. The normalized spacial score (nSPS) is 18.2. The molecule has 0 aliphatic rings. The van der Waals surface area contributed by atoms with Crippen molar-refractivity contribution < 1.29 is 9.60 Å². The van der Waals surface area contributed by atoms with E-state index in [0.717, 1.165) is 11.3 Å². The predicted octanol–water partition coefficient (Wildman–Crippen LogP) is 4.36. The van der Waals surface area contributed by atoms with Gasteiger partial charge in [-0.2, -0.15) is 0 Å². The molecule has 0 atom stereocenters. The summed E-state index contributed by atoms with van der Waals surface area (Å²) in [7, 11) is 0. The molecule has 0 saturated carbocycles. The highest BCUT2D eigenvalue weighted by atomic mass is 32.1. The second-order valence-electron chi connectivity index (χ2n) is 3.01. The monoisotopic (exact) mass is 205 g/mol. The van der Waals surface area contributed by atoms with Crippen molar-refractivity contribution in [1.82, 2.24) is 0 Å². The summed E-state index contributed by atoms with van der Waals surface area (Å²) < 4.78 is 56.2. The van der Waals surface area contributed by atoms with Crippen molar-refractivity contribution in [2.75, 3.05) is 0 Å². The lowest BCUT2D eigenvalue weighted by Gasteiger charge is -1.93. The minimum Gasteiger partial charge on any atom is -0.135 e. The fraction of sp³-hybridized carbons (Fsp3) is 0.0769. The van der Waals surface area contributed by atoms with Crippen molar-refractivity contribution in [1.29, 1.82) is 0 Å². The number of rotatable bonds is 0. The Hall–Kier alpha value is -1.34. The Kier molecular flexibility index (Phi) is 0.740. The molecule has 0 radical (unpaired) electrons. The summed E-state index contributed by atoms with van der Waals surface area (Å²) in [4.78, 5) is 0. The lowest BCUT2D eigenvalue weighted by atomic mass is 10.1. The first kappa shape index (κ1) is 3.67. The van der Waals surface area contributed by atoms with Crippen LogP contribution in [-0.4, -0.2) is 0 Å². The van der Waals surface area contributed by atoms with E-state index in [1.54, 1.807) is 6.92 Å². The molecule has 0 bridgehead atoms. The van der Waals surface area contributed by atoms with Crippen LogP contribution >= 0.6 is 11.3 Å². The summed E-state index contributed by atoms with van der Waals surface area (Å²) >= 11 is 1.15. The van der Waals surface area contributed by atoms with Crippen LogP contribution in [-0.2, 0) is 0 Å². The fourth-order valence-electron chi connectivity index (χ4n) is 1.45. The number of thiophene rings is 1. The van der Waals surface area contributed by atoms with E-state index in [0.29, 0.717) is 20.3 Å². The van der Waals surface area contributed by atoms with Crippen molar-refractivity contribution in [2.24, 2.45) is 0 Å². The average Bonchev–Trinajstić information content (AvgIpc) is 2.87. The molecule has 0 aliphatic heterocycles. The van der Waals surface area contributed by atoms with Crippen LogP contribution in [0.4, 0.5) is 0 Å². The van der Waals surface area contributed by atoms with E-state index in [1.807, 2.05) is 0 Å². The Balaban J connectivity index is 2.73. The van der Waals surface area contributed by atoms with Gasteiger partial charge in [0.2, 0.25) is 0 Å². The van der Waals surface area contributed by atoms with Gasteiger partial charge in [0.05, 0.1) is 9.60 Å². The molecule has 14 heavy (non-hydrogen) atoms. The molecule has 0 N–H and O–H groups in total. The van der Waals surface area contributed by atoms with Gasteiger partial charge in [-0.3, -0.25) is 0 Å². The van der Waals surface area contributed by atoms with Gasteiger partial charge in [-0.1, -0.05) is 36.3 Å². The predicted molar refractivity (Wildman–Crippen MR) is 64.1 cm³/mol. The summed E-state index contributed by atoms with van der Waals surface area (Å²) in [6.07, 6.45) is 0. The molecule has 1 aromatic heterocycles. The molecular formula is C13H10S. The Bertz CT molecular complexity index is 852. The molecule has 0 spiro atoms. The van der Waals surface area contributed by atoms with E-state index in [4.69, 9.17) is 9.60 Å². The van der Waals surface area contributed by atoms with Crippen molar-refractivity contribution in [2.45, 2.75) is 6.92 Å². The van der Waals surface area contributed by atoms with Gasteiger partial charge in [0, 0.05) is 20.2 Å². The van der Waals surface area contributed by atoms with Crippen LogP contribution in [0, 0.1) is 6.92 Å². The SMILES string of the molecule is [2H]c1c([2H])c([2H])c2c(sc3c(C)c([2H])c([2H])c([2H])c32)c1[2H]. The van der Waals surface area contributed by atoms with E-state index in [9.17, 15) is 0 Å². The standard InChI is InChI=1S/C13H10S/c1-9-5-4-7-11-10-6-2-3-8-12(10)14-13(9)11/h2-8H,1H3/i2D,3D,4D,5D,6D,7D,8D. The van der Waals surface area contributed by atoms with Gasteiger partial charge in [0.25, 0.3) is 0 Å². The molecule has 68 valence electrons. The minimum absolute atomic E-state index is 0.0330. The molecule has 0 aliphatic carbocycles. The summed E-state index contributed by atoms with van der Waals surface area (Å²) in [6, 6.07) is -1.38. The lowest BCUT2D eigenvalue weighted by Crippen LogP contribution is -1.69. The van der Waals surface area contributed by atoms with Crippen molar-refractivity contribution in [3.63, 3.8) is 0 Å². The Morgan fingerprint density at radius 2 is 1.79 bits per heavy atom. The van der Waals surface area contributed by atoms with Crippen LogP contribution in [0.3, 0.4) is 0 Å². The first-order valence-electron chi connectivity index (χ1n) is 7.66. The second-order valence-corrected chi connectivity index (χ2v) is 4.03. The number of benzene rings is 2. The molecular weight excluding hydrogens is 188 g/mol. The van der Waals surface area contributed by atoms with Crippen molar-refractivity contribution in [3.8, 4) is 0 Å². The molecule has 2 aromatic carbocycles. The molecule has 0 amide bonds.